The fourth-order valence-electron chi connectivity index (χ4n) is 13.9. The van der Waals surface area contributed by atoms with Gasteiger partial charge >= 0.3 is 0 Å². The van der Waals surface area contributed by atoms with E-state index in [4.69, 9.17) is 32.7 Å². The number of anilines is 2. The monoisotopic (exact) mass is 1170 g/mol. The number of ether oxygens (including phenoxy) is 2. The number of halogens is 2. The molecule has 2 fully saturated rings. The lowest BCUT2D eigenvalue weighted by molar-refractivity contribution is 0.0454. The van der Waals surface area contributed by atoms with Crippen molar-refractivity contribution in [3.63, 3.8) is 0 Å². The lowest BCUT2D eigenvalue weighted by atomic mass is 9.68. The topological polar surface area (TPSA) is 192 Å². The number of nitrogens with zero attached hydrogens (tertiary/aromatic N) is 2. The first-order valence-corrected chi connectivity index (χ1v) is 32.6. The van der Waals surface area contributed by atoms with Gasteiger partial charge in [0.2, 0.25) is 20.0 Å². The van der Waals surface area contributed by atoms with E-state index < -0.39 is 54.6 Å². The second-order valence-electron chi connectivity index (χ2n) is 24.1. The maximum atomic E-state index is 13.2. The second kappa shape index (κ2) is 22.9. The molecule has 0 radical (unpaired) electrons. The average molecular weight is 1170 g/mol. The van der Waals surface area contributed by atoms with Crippen LogP contribution < -0.4 is 28.7 Å². The summed E-state index contributed by atoms with van der Waals surface area (Å²) in [6.07, 6.45) is 17.9. The third kappa shape index (κ3) is 11.5. The van der Waals surface area contributed by atoms with Crippen LogP contribution in [0.4, 0.5) is 11.4 Å². The summed E-state index contributed by atoms with van der Waals surface area (Å²) in [5.41, 5.74) is 6.67. The van der Waals surface area contributed by atoms with Gasteiger partial charge in [0.25, 0.3) is 11.8 Å². The van der Waals surface area contributed by atoms with E-state index in [1.807, 2.05) is 36.4 Å². The molecule has 0 saturated heterocycles. The Morgan fingerprint density at radius 2 is 1.00 bits per heavy atom. The van der Waals surface area contributed by atoms with Crippen LogP contribution in [0.2, 0.25) is 10.0 Å². The number of amides is 2. The van der Waals surface area contributed by atoms with Crippen LogP contribution in [0.1, 0.15) is 134 Å². The van der Waals surface area contributed by atoms with Gasteiger partial charge < -0.3 is 29.5 Å². The number of fused-ring (bicyclic) bond motifs is 8. The number of aliphatic hydroxyl groups is 2. The molecule has 8 aliphatic rings. The van der Waals surface area contributed by atoms with Gasteiger partial charge in [0.1, 0.15) is 11.5 Å². The molecule has 4 aliphatic heterocycles. The summed E-state index contributed by atoms with van der Waals surface area (Å²) in [6.45, 7) is 7.05. The van der Waals surface area contributed by atoms with Gasteiger partial charge in [-0.2, -0.15) is 0 Å². The van der Waals surface area contributed by atoms with Crippen LogP contribution in [-0.4, -0.2) is 101 Å². The number of carbonyl (C=O) groups excluding carboxylic acids is 2. The number of sulfonamides is 2. The van der Waals surface area contributed by atoms with Gasteiger partial charge in [-0.3, -0.25) is 9.59 Å². The highest BCUT2D eigenvalue weighted by Crippen LogP contribution is 2.49. The van der Waals surface area contributed by atoms with E-state index >= 15 is 0 Å². The first-order valence-electron chi connectivity index (χ1n) is 28.7. The van der Waals surface area contributed by atoms with E-state index in [-0.39, 0.29) is 33.8 Å². The highest BCUT2D eigenvalue weighted by atomic mass is 35.5. The summed E-state index contributed by atoms with van der Waals surface area (Å²) in [4.78, 5) is 31.0. The lowest BCUT2D eigenvalue weighted by Crippen LogP contribution is -2.49. The van der Waals surface area contributed by atoms with Crippen molar-refractivity contribution >= 4 is 66.4 Å². The van der Waals surface area contributed by atoms with E-state index in [0.717, 1.165) is 98.7 Å². The fourth-order valence-corrected chi connectivity index (χ4v) is 16.4. The zero-order chi connectivity index (χ0) is 56.1. The number of hydrogen-bond acceptors (Lipinski definition) is 12. The zero-order valence-corrected chi connectivity index (χ0v) is 48.8. The molecular weight excluding hydrogens is 1100 g/mol. The Bertz CT molecular complexity index is 3100. The van der Waals surface area contributed by atoms with Crippen LogP contribution in [-0.2, 0) is 43.7 Å². The predicted octanol–water partition coefficient (Wildman–Crippen LogP) is 10.00. The Kier molecular flexibility index (Phi) is 16.3. The van der Waals surface area contributed by atoms with Gasteiger partial charge in [0.05, 0.1) is 47.3 Å². The number of hydrogen-bond donors (Lipinski definition) is 4. The molecule has 12 rings (SSSR count). The Labute approximate surface area is 481 Å². The van der Waals surface area contributed by atoms with Crippen LogP contribution >= 0.6 is 23.2 Å². The highest BCUT2D eigenvalue weighted by molar-refractivity contribution is 7.91. The molecule has 0 unspecified atom stereocenters. The van der Waals surface area contributed by atoms with Crippen LogP contribution in [0.15, 0.2) is 97.1 Å². The van der Waals surface area contributed by atoms with Crippen molar-refractivity contribution in [2.45, 2.75) is 137 Å². The first-order chi connectivity index (χ1) is 38.3. The fraction of sp³-hybridized carbons (Fsp3) is 0.516. The van der Waals surface area contributed by atoms with E-state index in [1.54, 1.807) is 50.2 Å². The van der Waals surface area contributed by atoms with Crippen molar-refractivity contribution in [1.82, 2.24) is 9.44 Å². The van der Waals surface area contributed by atoms with Crippen LogP contribution in [0.5, 0.6) is 11.5 Å². The second-order valence-corrected chi connectivity index (χ2v) is 29.2. The maximum Gasteiger partial charge on any atom is 0.264 e. The molecule has 14 nitrogen and oxygen atoms in total. The molecule has 2 spiro atoms. The summed E-state index contributed by atoms with van der Waals surface area (Å²) < 4.78 is 69.2. The summed E-state index contributed by atoms with van der Waals surface area (Å²) in [5, 5.41) is 22.0. The number of rotatable bonds is 0. The first kappa shape index (κ1) is 56.7. The van der Waals surface area contributed by atoms with Crippen LogP contribution in [0, 0.1) is 23.7 Å². The minimum absolute atomic E-state index is 0.137. The standard InChI is InChI=1S/2C31H37ClN2O5S/c2*1-20-5-2-3-7-28(35)25-11-8-23(25)17-34-18-31(14-4-6-21-15-24(32)10-12-26(21)31)19-39-29-13-9-22(16-27(29)34)30(36)33-40(20,37)38/h2*3,7,9-10,12-13,15-16,20,23,25,28,35H,2,4-6,8,11,14,17-19H2,1H3,(H,33,36)/b2*7-3+/t20-,23+,25-,28-,31+;20-,23-,25+,28+,31-/m10/s1. The molecular formula is C62H74Cl2N4O10S2. The molecule has 4 heterocycles. The minimum atomic E-state index is -3.86. The molecule has 2 amide bonds. The molecule has 10 atom stereocenters. The Morgan fingerprint density at radius 3 is 1.40 bits per heavy atom. The van der Waals surface area contributed by atoms with Crippen LogP contribution in [0.3, 0.4) is 0 Å². The molecule has 4 aromatic rings. The number of aryl methyl sites for hydroxylation is 2. The average Bonchev–Trinajstić information content (AvgIpc) is 3.66. The lowest BCUT2D eigenvalue weighted by Gasteiger charge is -2.45. The Hall–Kier alpha value is -5.10. The van der Waals surface area contributed by atoms with E-state index in [9.17, 15) is 36.6 Å². The normalized spacial score (nSPS) is 32.5. The number of allylic oxidation sites excluding steroid dienone is 2. The highest BCUT2D eigenvalue weighted by Gasteiger charge is 2.47. The molecule has 2 saturated carbocycles. The molecule has 0 aromatic heterocycles. The van der Waals surface area contributed by atoms with Crippen molar-refractivity contribution in [3.8, 4) is 11.5 Å². The largest absolute Gasteiger partial charge is 0.490 e. The molecule has 80 heavy (non-hydrogen) atoms. The number of carbonyl (C=O) groups is 2. The summed E-state index contributed by atoms with van der Waals surface area (Å²) in [6, 6.07) is 22.7. The molecule has 4 N–H and O–H groups in total. The van der Waals surface area contributed by atoms with Crippen molar-refractivity contribution in [2.24, 2.45) is 23.7 Å². The molecule has 18 heteroatoms. The predicted molar refractivity (Wildman–Crippen MR) is 313 cm³/mol. The van der Waals surface area contributed by atoms with Crippen LogP contribution in [0.25, 0.3) is 0 Å². The van der Waals surface area contributed by atoms with E-state index in [2.05, 4.69) is 43.5 Å². The number of nitrogens with one attached hydrogen (secondary N) is 2. The smallest absolute Gasteiger partial charge is 0.264 e. The Morgan fingerprint density at radius 1 is 0.575 bits per heavy atom. The summed E-state index contributed by atoms with van der Waals surface area (Å²) >= 11 is 12.7. The van der Waals surface area contributed by atoms with Gasteiger partial charge in [-0.1, -0.05) is 59.6 Å². The van der Waals surface area contributed by atoms with Gasteiger partial charge in [-0.05, 0) is 210 Å². The summed E-state index contributed by atoms with van der Waals surface area (Å²) in [5.74, 6) is 0.958. The van der Waals surface area contributed by atoms with Crippen molar-refractivity contribution < 1.29 is 46.1 Å². The maximum absolute atomic E-state index is 13.2. The zero-order valence-electron chi connectivity index (χ0n) is 45.6. The van der Waals surface area contributed by atoms with Crippen molar-refractivity contribution in [3.05, 3.63) is 141 Å². The van der Waals surface area contributed by atoms with E-state index in [0.29, 0.717) is 75.3 Å². The molecule has 428 valence electrons. The number of benzene rings is 4. The Balaban J connectivity index is 0.000000169. The molecule has 4 aliphatic carbocycles. The van der Waals surface area contributed by atoms with Gasteiger partial charge in [0.15, 0.2) is 0 Å². The summed E-state index contributed by atoms with van der Waals surface area (Å²) in [7, 11) is -7.72. The third-order valence-corrected chi connectivity index (χ3v) is 23.0. The SMILES string of the molecule is C[C@@H]1CC/C=C/[C@@H](O)[C@@H]2CC[C@H]2CN2C[C@@]3(CCCc4cc(Cl)ccc43)COc3ccc(cc32)C(=O)NS1(=O)=O.C[C@H]1CC/C=C/[C@@H](O)[C@@H]2CC[C@H]2CN2C[C@@]3(CCCc4cc(Cl)ccc43)COc3ccc(cc32)C(=O)NS1(=O)=O. The van der Waals surface area contributed by atoms with Gasteiger partial charge in [-0.15, -0.1) is 0 Å². The third-order valence-electron chi connectivity index (χ3n) is 19.0. The molecule has 4 bridgehead atoms. The van der Waals surface area contributed by atoms with E-state index in [1.165, 1.54) is 22.3 Å². The molecule has 4 aromatic carbocycles. The minimum Gasteiger partial charge on any atom is -0.490 e. The quantitative estimate of drug-likeness (QED) is 0.122. The number of aliphatic hydroxyl groups excluding tert-OH is 2. The van der Waals surface area contributed by atoms with Crippen molar-refractivity contribution in [1.29, 1.82) is 0 Å². The van der Waals surface area contributed by atoms with Gasteiger partial charge in [-0.25, -0.2) is 26.3 Å². The van der Waals surface area contributed by atoms with Crippen molar-refractivity contribution in [2.75, 3.05) is 49.2 Å². The van der Waals surface area contributed by atoms with Gasteiger partial charge in [0, 0.05) is 58.2 Å².